The Bertz CT molecular complexity index is 827. The molecule has 1 N–H and O–H groups in total. The van der Waals surface area contributed by atoms with Crippen molar-refractivity contribution in [3.05, 3.63) is 48.5 Å². The van der Waals surface area contributed by atoms with Crippen molar-refractivity contribution in [3.8, 4) is 0 Å². The van der Waals surface area contributed by atoms with E-state index < -0.39 is 6.04 Å². The lowest BCUT2D eigenvalue weighted by Crippen LogP contribution is -3.14. The Balaban J connectivity index is 1.51. The molecular formula is C21H28N5O2+. The normalized spacial score (nSPS) is 18.2. The molecule has 7 heteroatoms. The molecule has 1 unspecified atom stereocenters. The third kappa shape index (κ3) is 3.67. The van der Waals surface area contributed by atoms with Crippen LogP contribution in [0.1, 0.15) is 24.9 Å². The minimum absolute atomic E-state index is 0.0332. The number of quaternary nitrogens is 1. The van der Waals surface area contributed by atoms with Crippen LogP contribution >= 0.6 is 0 Å². The van der Waals surface area contributed by atoms with Crippen LogP contribution in [0.5, 0.6) is 0 Å². The minimum Gasteiger partial charge on any atom is -0.332 e. The number of likely N-dealkylation sites (N-methyl/N-ethyl adjacent to an activating group) is 1. The number of para-hydroxylation sites is 1. The van der Waals surface area contributed by atoms with Gasteiger partial charge in [-0.05, 0) is 25.0 Å². The summed E-state index contributed by atoms with van der Waals surface area (Å²) in [7, 11) is 0. The largest absolute Gasteiger partial charge is 0.332 e. The van der Waals surface area contributed by atoms with E-state index in [0.717, 1.165) is 44.8 Å². The van der Waals surface area contributed by atoms with Gasteiger partial charge < -0.3 is 19.3 Å². The van der Waals surface area contributed by atoms with E-state index in [0.29, 0.717) is 6.54 Å². The predicted molar refractivity (Wildman–Crippen MR) is 106 cm³/mol. The zero-order valence-corrected chi connectivity index (χ0v) is 16.4. The molecule has 7 nitrogen and oxygen atoms in total. The Kier molecular flexibility index (Phi) is 5.43. The number of nitrogens with zero attached hydrogens (tertiary/aromatic N) is 4. The van der Waals surface area contributed by atoms with Gasteiger partial charge in [0.1, 0.15) is 6.04 Å². The van der Waals surface area contributed by atoms with Crippen LogP contribution in [0.4, 0.5) is 5.69 Å². The highest BCUT2D eigenvalue weighted by molar-refractivity contribution is 6.00. The fraction of sp³-hybridized carbons (Fsp3) is 0.476. The van der Waals surface area contributed by atoms with Crippen molar-refractivity contribution >= 4 is 17.5 Å². The molecule has 2 aliphatic rings. The van der Waals surface area contributed by atoms with E-state index in [1.54, 1.807) is 23.3 Å². The maximum Gasteiger partial charge on any atom is 0.250 e. The third-order valence-corrected chi connectivity index (χ3v) is 6.01. The van der Waals surface area contributed by atoms with Crippen molar-refractivity contribution in [1.82, 2.24) is 14.5 Å². The second-order valence-electron chi connectivity index (χ2n) is 7.58. The number of aromatic nitrogens is 2. The van der Waals surface area contributed by atoms with Crippen LogP contribution in [-0.4, -0.2) is 65.5 Å². The van der Waals surface area contributed by atoms with Gasteiger partial charge in [0, 0.05) is 24.6 Å². The Hall–Kier alpha value is -2.67. The van der Waals surface area contributed by atoms with Gasteiger partial charge in [-0.15, -0.1) is 0 Å². The van der Waals surface area contributed by atoms with Crippen molar-refractivity contribution in [2.24, 2.45) is 0 Å². The molecular weight excluding hydrogens is 354 g/mol. The first kappa shape index (κ1) is 18.7. The quantitative estimate of drug-likeness (QED) is 0.801. The highest BCUT2D eigenvalue weighted by atomic mass is 16.2. The van der Waals surface area contributed by atoms with Crippen LogP contribution in [-0.2, 0) is 16.0 Å². The summed E-state index contributed by atoms with van der Waals surface area (Å²) in [6, 6.07) is 7.45. The van der Waals surface area contributed by atoms with Crippen LogP contribution in [0.25, 0.3) is 0 Å². The number of hydrogen-bond donors (Lipinski definition) is 1. The maximum atomic E-state index is 13.4. The van der Waals surface area contributed by atoms with Gasteiger partial charge in [0.05, 0.1) is 45.5 Å². The van der Waals surface area contributed by atoms with Gasteiger partial charge in [-0.25, -0.2) is 4.98 Å². The Morgan fingerprint density at radius 2 is 1.96 bits per heavy atom. The summed E-state index contributed by atoms with van der Waals surface area (Å²) in [5.74, 6) is 0.0174. The maximum absolute atomic E-state index is 13.4. The van der Waals surface area contributed by atoms with Crippen LogP contribution in [0, 0.1) is 0 Å². The van der Waals surface area contributed by atoms with E-state index in [1.807, 2.05) is 28.0 Å². The zero-order valence-electron chi connectivity index (χ0n) is 16.4. The summed E-state index contributed by atoms with van der Waals surface area (Å²) >= 11 is 0. The monoisotopic (exact) mass is 382 g/mol. The SMILES string of the molecule is CC[NH+]1CCN(C(=O)CC(C(=O)N2CCc3ccccc32)n2ccnc2)CC1. The van der Waals surface area contributed by atoms with Crippen molar-refractivity contribution in [2.45, 2.75) is 25.8 Å². The van der Waals surface area contributed by atoms with Crippen molar-refractivity contribution in [3.63, 3.8) is 0 Å². The fourth-order valence-corrected chi connectivity index (χ4v) is 4.24. The van der Waals surface area contributed by atoms with E-state index in [4.69, 9.17) is 0 Å². The second-order valence-corrected chi connectivity index (χ2v) is 7.58. The molecule has 1 atom stereocenters. The number of nitrogens with one attached hydrogen (secondary N) is 1. The summed E-state index contributed by atoms with van der Waals surface area (Å²) in [5.41, 5.74) is 2.15. The molecule has 3 heterocycles. The summed E-state index contributed by atoms with van der Waals surface area (Å²) in [6.07, 6.45) is 6.10. The lowest BCUT2D eigenvalue weighted by Gasteiger charge is -2.33. The van der Waals surface area contributed by atoms with Gasteiger partial charge in [-0.1, -0.05) is 18.2 Å². The molecule has 0 saturated carbocycles. The van der Waals surface area contributed by atoms with E-state index in [2.05, 4.69) is 18.0 Å². The molecule has 28 heavy (non-hydrogen) atoms. The van der Waals surface area contributed by atoms with Crippen LogP contribution in [0.2, 0.25) is 0 Å². The molecule has 0 bridgehead atoms. The zero-order chi connectivity index (χ0) is 19.5. The van der Waals surface area contributed by atoms with Gasteiger partial charge in [0.15, 0.2) is 0 Å². The number of piperazine rings is 1. The summed E-state index contributed by atoms with van der Waals surface area (Å²) in [6.45, 7) is 7.41. The van der Waals surface area contributed by atoms with Gasteiger partial charge in [-0.3, -0.25) is 9.59 Å². The van der Waals surface area contributed by atoms with Gasteiger partial charge in [-0.2, -0.15) is 0 Å². The van der Waals surface area contributed by atoms with E-state index >= 15 is 0 Å². The van der Waals surface area contributed by atoms with E-state index in [9.17, 15) is 9.59 Å². The number of fused-ring (bicyclic) bond motifs is 1. The van der Waals surface area contributed by atoms with E-state index in [-0.39, 0.29) is 18.2 Å². The number of benzene rings is 1. The Labute approximate surface area is 165 Å². The standard InChI is InChI=1S/C21H27N5O2/c1-2-23-11-13-24(14-12-23)20(27)15-19(25-10-8-22-16-25)21(28)26-9-7-17-5-3-4-6-18(17)26/h3-6,8,10,16,19H,2,7,9,11-15H2,1H3/p+1. The minimum atomic E-state index is -0.558. The first-order valence-corrected chi connectivity index (χ1v) is 10.2. The molecule has 2 aromatic rings. The second kappa shape index (κ2) is 8.14. The Morgan fingerprint density at radius 1 is 1.18 bits per heavy atom. The molecule has 1 saturated heterocycles. The van der Waals surface area contributed by atoms with Crippen LogP contribution < -0.4 is 9.80 Å². The van der Waals surface area contributed by atoms with Gasteiger partial charge in [0.25, 0.3) is 5.91 Å². The number of carbonyl (C=O) groups excluding carboxylic acids is 2. The van der Waals surface area contributed by atoms with Gasteiger partial charge >= 0.3 is 0 Å². The molecule has 2 aliphatic heterocycles. The molecule has 1 aromatic carbocycles. The molecule has 148 valence electrons. The number of carbonyl (C=O) groups is 2. The number of rotatable bonds is 5. The summed E-state index contributed by atoms with van der Waals surface area (Å²) < 4.78 is 1.77. The molecule has 1 fully saturated rings. The number of imidazole rings is 1. The van der Waals surface area contributed by atoms with Crippen molar-refractivity contribution in [1.29, 1.82) is 0 Å². The summed E-state index contributed by atoms with van der Waals surface area (Å²) in [5, 5.41) is 0. The lowest BCUT2D eigenvalue weighted by atomic mass is 10.1. The number of amides is 2. The average molecular weight is 382 g/mol. The molecule has 2 amide bonds. The molecule has 0 spiro atoms. The highest BCUT2D eigenvalue weighted by Crippen LogP contribution is 2.30. The molecule has 4 rings (SSSR count). The Morgan fingerprint density at radius 3 is 2.68 bits per heavy atom. The lowest BCUT2D eigenvalue weighted by molar-refractivity contribution is -0.902. The first-order valence-electron chi connectivity index (χ1n) is 10.2. The molecule has 0 radical (unpaired) electrons. The number of hydrogen-bond acceptors (Lipinski definition) is 3. The average Bonchev–Trinajstić information content (AvgIpc) is 3.41. The first-order chi connectivity index (χ1) is 13.7. The topological polar surface area (TPSA) is 62.9 Å². The van der Waals surface area contributed by atoms with Crippen LogP contribution in [0.3, 0.4) is 0 Å². The fourth-order valence-electron chi connectivity index (χ4n) is 4.24. The molecule has 1 aromatic heterocycles. The molecule has 0 aliphatic carbocycles. The van der Waals surface area contributed by atoms with E-state index in [1.165, 1.54) is 10.5 Å². The highest BCUT2D eigenvalue weighted by Gasteiger charge is 2.34. The third-order valence-electron chi connectivity index (χ3n) is 6.01. The number of anilines is 1. The van der Waals surface area contributed by atoms with Crippen molar-refractivity contribution in [2.75, 3.05) is 44.2 Å². The predicted octanol–water partition coefficient (Wildman–Crippen LogP) is 0.151. The van der Waals surface area contributed by atoms with Crippen LogP contribution in [0.15, 0.2) is 43.0 Å². The van der Waals surface area contributed by atoms with Crippen molar-refractivity contribution < 1.29 is 14.5 Å². The summed E-state index contributed by atoms with van der Waals surface area (Å²) in [4.78, 5) is 35.8. The van der Waals surface area contributed by atoms with Gasteiger partial charge in [0.2, 0.25) is 5.91 Å². The smallest absolute Gasteiger partial charge is 0.250 e.